The van der Waals surface area contributed by atoms with Crippen LogP contribution in [-0.4, -0.2) is 12.0 Å². The van der Waals surface area contributed by atoms with Crippen LogP contribution in [-0.2, 0) is 11.2 Å². The second-order valence-electron chi connectivity index (χ2n) is 4.40. The monoisotopic (exact) mass is 227 g/mol. The molecule has 0 aromatic heterocycles. The molecule has 1 N–H and O–H groups in total. The van der Waals surface area contributed by atoms with Crippen molar-refractivity contribution in [2.45, 2.75) is 26.4 Å². The topological polar surface area (TPSA) is 33.1 Å². The largest absolute Gasteiger partial charge is 0.478 e. The Labute approximate surface area is 102 Å². The fraction of sp³-hybridized carbons (Fsp3) is 0.267. The first-order valence-electron chi connectivity index (χ1n) is 5.87. The average Bonchev–Trinajstić information content (AvgIpc) is 2.28. The van der Waals surface area contributed by atoms with Crippen LogP contribution in [0.5, 0.6) is 0 Å². The van der Waals surface area contributed by atoms with E-state index >= 15 is 0 Å². The molecule has 0 aliphatic heterocycles. The van der Waals surface area contributed by atoms with E-state index < -0.39 is 0 Å². The van der Waals surface area contributed by atoms with E-state index in [9.17, 15) is 0 Å². The molecule has 0 radical (unpaired) electrons. The second kappa shape index (κ2) is 5.00. The average molecular weight is 227 g/mol. The molecular formula is C15H17NO. The maximum absolute atomic E-state index is 7.81. The number of benzene rings is 2. The van der Waals surface area contributed by atoms with Gasteiger partial charge in [0.05, 0.1) is 6.10 Å². The van der Waals surface area contributed by atoms with Gasteiger partial charge in [-0.2, -0.15) is 0 Å². The third-order valence-electron chi connectivity index (χ3n) is 2.61. The molecule has 0 bridgehead atoms. The summed E-state index contributed by atoms with van der Waals surface area (Å²) in [5, 5.41) is 10.2. The summed E-state index contributed by atoms with van der Waals surface area (Å²) in [6.45, 7) is 3.88. The second-order valence-corrected chi connectivity index (χ2v) is 4.40. The van der Waals surface area contributed by atoms with E-state index in [1.807, 2.05) is 32.0 Å². The van der Waals surface area contributed by atoms with Gasteiger partial charge >= 0.3 is 0 Å². The molecule has 2 rings (SSSR count). The minimum Gasteiger partial charge on any atom is -0.478 e. The van der Waals surface area contributed by atoms with Crippen molar-refractivity contribution in [2.75, 3.05) is 0 Å². The summed E-state index contributed by atoms with van der Waals surface area (Å²) >= 11 is 0. The molecule has 2 nitrogen and oxygen atoms in total. The van der Waals surface area contributed by atoms with Crippen LogP contribution in [0.15, 0.2) is 42.5 Å². The summed E-state index contributed by atoms with van der Waals surface area (Å²) in [7, 11) is 0. The van der Waals surface area contributed by atoms with Gasteiger partial charge in [0, 0.05) is 6.42 Å². The van der Waals surface area contributed by atoms with Crippen LogP contribution in [0.3, 0.4) is 0 Å². The summed E-state index contributed by atoms with van der Waals surface area (Å²) in [5.74, 6) is 0.330. The fourth-order valence-corrected chi connectivity index (χ4v) is 1.95. The van der Waals surface area contributed by atoms with Gasteiger partial charge in [0.15, 0.2) is 5.90 Å². The lowest BCUT2D eigenvalue weighted by molar-refractivity contribution is 0.221. The van der Waals surface area contributed by atoms with Gasteiger partial charge in [-0.25, -0.2) is 0 Å². The van der Waals surface area contributed by atoms with E-state index in [0.717, 1.165) is 5.56 Å². The molecule has 2 aromatic rings. The van der Waals surface area contributed by atoms with Crippen LogP contribution in [0.1, 0.15) is 19.4 Å². The van der Waals surface area contributed by atoms with Crippen molar-refractivity contribution in [1.29, 1.82) is 5.41 Å². The number of rotatable bonds is 3. The van der Waals surface area contributed by atoms with E-state index in [2.05, 4.69) is 24.3 Å². The predicted octanol–water partition coefficient (Wildman–Crippen LogP) is 3.78. The van der Waals surface area contributed by atoms with Crippen molar-refractivity contribution < 1.29 is 4.74 Å². The molecule has 0 amide bonds. The Morgan fingerprint density at radius 2 is 1.82 bits per heavy atom. The lowest BCUT2D eigenvalue weighted by atomic mass is 10.0. The van der Waals surface area contributed by atoms with Crippen LogP contribution in [0.4, 0.5) is 0 Å². The minimum absolute atomic E-state index is 0.0671. The first-order valence-corrected chi connectivity index (χ1v) is 5.87. The number of nitrogens with one attached hydrogen (secondary N) is 1. The molecule has 0 fully saturated rings. The van der Waals surface area contributed by atoms with E-state index in [1.54, 1.807) is 0 Å². The number of ether oxygens (including phenoxy) is 1. The van der Waals surface area contributed by atoms with Crippen molar-refractivity contribution in [3.05, 3.63) is 48.0 Å². The molecule has 0 saturated carbocycles. The lowest BCUT2D eigenvalue weighted by Gasteiger charge is -2.11. The number of fused-ring (bicyclic) bond motifs is 1. The van der Waals surface area contributed by atoms with Gasteiger partial charge in [0.25, 0.3) is 0 Å². The number of hydrogen-bond donors (Lipinski definition) is 1. The lowest BCUT2D eigenvalue weighted by Crippen LogP contribution is -2.13. The molecule has 2 heteroatoms. The maximum Gasteiger partial charge on any atom is 0.185 e. The van der Waals surface area contributed by atoms with Crippen molar-refractivity contribution in [3.8, 4) is 0 Å². The highest BCUT2D eigenvalue weighted by Gasteiger charge is 2.06. The molecule has 17 heavy (non-hydrogen) atoms. The van der Waals surface area contributed by atoms with Gasteiger partial charge < -0.3 is 4.74 Å². The zero-order valence-electron chi connectivity index (χ0n) is 10.2. The molecule has 0 spiro atoms. The zero-order valence-corrected chi connectivity index (χ0v) is 10.2. The Balaban J connectivity index is 2.27. The highest BCUT2D eigenvalue weighted by molar-refractivity contribution is 5.89. The summed E-state index contributed by atoms with van der Waals surface area (Å²) < 4.78 is 5.39. The number of hydrogen-bond acceptors (Lipinski definition) is 2. The zero-order chi connectivity index (χ0) is 12.3. The molecule has 0 saturated heterocycles. The Hall–Kier alpha value is -1.83. The maximum atomic E-state index is 7.81. The van der Waals surface area contributed by atoms with Gasteiger partial charge in [-0.05, 0) is 30.2 Å². The SMILES string of the molecule is CC(C)OC(=N)Cc1cccc2ccccc12. The normalized spacial score (nSPS) is 10.8. The molecule has 0 heterocycles. The first kappa shape index (κ1) is 11.6. The van der Waals surface area contributed by atoms with Crippen molar-refractivity contribution >= 4 is 16.7 Å². The molecule has 0 unspecified atom stereocenters. The van der Waals surface area contributed by atoms with Crippen LogP contribution in [0.25, 0.3) is 10.8 Å². The van der Waals surface area contributed by atoms with Gasteiger partial charge in [0.1, 0.15) is 0 Å². The smallest absolute Gasteiger partial charge is 0.185 e. The summed E-state index contributed by atoms with van der Waals surface area (Å²) in [6.07, 6.45) is 0.622. The van der Waals surface area contributed by atoms with E-state index in [-0.39, 0.29) is 6.10 Å². The van der Waals surface area contributed by atoms with E-state index in [0.29, 0.717) is 12.3 Å². The predicted molar refractivity (Wildman–Crippen MR) is 71.6 cm³/mol. The third kappa shape index (κ3) is 2.84. The Morgan fingerprint density at radius 3 is 2.59 bits per heavy atom. The van der Waals surface area contributed by atoms with Crippen molar-refractivity contribution in [2.24, 2.45) is 0 Å². The van der Waals surface area contributed by atoms with Crippen LogP contribution < -0.4 is 0 Å². The van der Waals surface area contributed by atoms with E-state index in [4.69, 9.17) is 10.1 Å². The quantitative estimate of drug-likeness (QED) is 0.628. The summed E-state index contributed by atoms with van der Waals surface area (Å²) in [6, 6.07) is 14.4. The highest BCUT2D eigenvalue weighted by atomic mass is 16.5. The van der Waals surface area contributed by atoms with Crippen molar-refractivity contribution in [1.82, 2.24) is 0 Å². The summed E-state index contributed by atoms with van der Waals surface area (Å²) in [4.78, 5) is 0. The molecule has 2 aromatic carbocycles. The molecule has 0 aliphatic rings. The fourth-order valence-electron chi connectivity index (χ4n) is 1.95. The molecule has 88 valence electrons. The Morgan fingerprint density at radius 1 is 1.12 bits per heavy atom. The molecular weight excluding hydrogens is 210 g/mol. The van der Waals surface area contributed by atoms with Gasteiger partial charge in [-0.3, -0.25) is 5.41 Å². The first-order chi connectivity index (χ1) is 8.16. The standard InChI is InChI=1S/C15H17NO/c1-11(2)17-15(16)10-13-8-5-7-12-6-3-4-9-14(12)13/h3-9,11,16H,10H2,1-2H3. The Bertz CT molecular complexity index is 526. The van der Waals surface area contributed by atoms with Crippen LogP contribution in [0.2, 0.25) is 0 Å². The summed E-state index contributed by atoms with van der Waals surface area (Å²) in [5.41, 5.74) is 1.15. The molecule has 0 aliphatic carbocycles. The van der Waals surface area contributed by atoms with Gasteiger partial charge in [-0.15, -0.1) is 0 Å². The van der Waals surface area contributed by atoms with Crippen LogP contribution in [0, 0.1) is 5.41 Å². The van der Waals surface area contributed by atoms with Gasteiger partial charge in [-0.1, -0.05) is 42.5 Å². The van der Waals surface area contributed by atoms with Gasteiger partial charge in [0.2, 0.25) is 0 Å². The van der Waals surface area contributed by atoms with Crippen molar-refractivity contribution in [3.63, 3.8) is 0 Å². The van der Waals surface area contributed by atoms with Crippen LogP contribution >= 0.6 is 0 Å². The van der Waals surface area contributed by atoms with E-state index in [1.165, 1.54) is 10.8 Å². The Kier molecular flexibility index (Phi) is 3.43. The highest BCUT2D eigenvalue weighted by Crippen LogP contribution is 2.19. The minimum atomic E-state index is 0.0671. The molecule has 0 atom stereocenters. The third-order valence-corrected chi connectivity index (χ3v) is 2.61.